The van der Waals surface area contributed by atoms with E-state index >= 15 is 0 Å². The van der Waals surface area contributed by atoms with Crippen LogP contribution in [0.1, 0.15) is 35.7 Å². The highest BCUT2D eigenvalue weighted by Gasteiger charge is 2.24. The number of carbonyl (C=O) groups is 1. The smallest absolute Gasteiger partial charge is 0.224 e. The van der Waals surface area contributed by atoms with E-state index in [0.29, 0.717) is 11.4 Å². The SMILES string of the molecule is Cn1ncc2c1CCCC2NC(=O)Cc1ccc(Cl)cc1. The summed E-state index contributed by atoms with van der Waals surface area (Å²) in [7, 11) is 1.96. The first-order chi connectivity index (χ1) is 10.1. The second-order valence-corrected chi connectivity index (χ2v) is 5.92. The number of aromatic nitrogens is 2. The zero-order valence-corrected chi connectivity index (χ0v) is 12.7. The Balaban J connectivity index is 1.67. The first kappa shape index (κ1) is 14.1. The third-order valence-electron chi connectivity index (χ3n) is 3.99. The van der Waals surface area contributed by atoms with E-state index in [0.717, 1.165) is 30.4 Å². The maximum Gasteiger partial charge on any atom is 0.224 e. The molecule has 1 aliphatic carbocycles. The first-order valence-electron chi connectivity index (χ1n) is 7.18. The summed E-state index contributed by atoms with van der Waals surface area (Å²) in [5.41, 5.74) is 3.37. The van der Waals surface area contributed by atoms with Crippen molar-refractivity contribution in [1.82, 2.24) is 15.1 Å². The molecular formula is C16H18ClN3O. The Morgan fingerprint density at radius 3 is 2.95 bits per heavy atom. The number of benzene rings is 1. The second-order valence-electron chi connectivity index (χ2n) is 5.49. The molecule has 0 saturated heterocycles. The van der Waals surface area contributed by atoms with Gasteiger partial charge in [-0.15, -0.1) is 0 Å². The molecular weight excluding hydrogens is 286 g/mol. The van der Waals surface area contributed by atoms with Crippen LogP contribution in [0.25, 0.3) is 0 Å². The lowest BCUT2D eigenvalue weighted by atomic mass is 9.93. The van der Waals surface area contributed by atoms with Gasteiger partial charge in [-0.2, -0.15) is 5.10 Å². The van der Waals surface area contributed by atoms with E-state index < -0.39 is 0 Å². The molecule has 1 atom stereocenters. The molecule has 110 valence electrons. The van der Waals surface area contributed by atoms with Crippen LogP contribution < -0.4 is 5.32 Å². The van der Waals surface area contributed by atoms with E-state index in [9.17, 15) is 4.79 Å². The summed E-state index contributed by atoms with van der Waals surface area (Å²) < 4.78 is 1.91. The van der Waals surface area contributed by atoms with Gasteiger partial charge in [0.05, 0.1) is 18.7 Å². The fraction of sp³-hybridized carbons (Fsp3) is 0.375. The summed E-state index contributed by atoms with van der Waals surface area (Å²) in [5, 5.41) is 8.11. The molecule has 1 heterocycles. The average Bonchev–Trinajstić information content (AvgIpc) is 2.84. The maximum atomic E-state index is 12.2. The number of fused-ring (bicyclic) bond motifs is 1. The molecule has 0 saturated carbocycles. The standard InChI is InChI=1S/C16H18ClN3O/c1-20-15-4-2-3-14(13(15)10-18-20)19-16(21)9-11-5-7-12(17)8-6-11/h5-8,10,14H,2-4,9H2,1H3,(H,19,21). The molecule has 0 bridgehead atoms. The fourth-order valence-corrected chi connectivity index (χ4v) is 3.02. The summed E-state index contributed by atoms with van der Waals surface area (Å²) in [6.07, 6.45) is 5.35. The van der Waals surface area contributed by atoms with Gasteiger partial charge in [0.1, 0.15) is 0 Å². The Hall–Kier alpha value is -1.81. The Labute approximate surface area is 129 Å². The molecule has 1 aromatic carbocycles. The van der Waals surface area contributed by atoms with Crippen LogP contribution in [0.2, 0.25) is 5.02 Å². The predicted octanol–water partition coefficient (Wildman–Crippen LogP) is 2.81. The average molecular weight is 304 g/mol. The minimum absolute atomic E-state index is 0.0408. The first-order valence-corrected chi connectivity index (χ1v) is 7.56. The highest BCUT2D eigenvalue weighted by atomic mass is 35.5. The third kappa shape index (κ3) is 3.10. The number of rotatable bonds is 3. The quantitative estimate of drug-likeness (QED) is 0.948. The van der Waals surface area contributed by atoms with Crippen LogP contribution in [0.15, 0.2) is 30.5 Å². The lowest BCUT2D eigenvalue weighted by molar-refractivity contribution is -0.121. The minimum Gasteiger partial charge on any atom is -0.349 e. The summed E-state index contributed by atoms with van der Waals surface area (Å²) in [5.74, 6) is 0.0408. The van der Waals surface area contributed by atoms with Crippen molar-refractivity contribution >= 4 is 17.5 Å². The van der Waals surface area contributed by atoms with Crippen molar-refractivity contribution < 1.29 is 4.79 Å². The molecule has 2 aromatic rings. The Morgan fingerprint density at radius 1 is 1.43 bits per heavy atom. The van der Waals surface area contributed by atoms with Gasteiger partial charge in [0.2, 0.25) is 5.91 Å². The van der Waals surface area contributed by atoms with Gasteiger partial charge in [-0.1, -0.05) is 23.7 Å². The van der Waals surface area contributed by atoms with Crippen molar-refractivity contribution in [3.63, 3.8) is 0 Å². The van der Waals surface area contributed by atoms with Crippen molar-refractivity contribution in [1.29, 1.82) is 0 Å². The number of nitrogens with one attached hydrogen (secondary N) is 1. The molecule has 0 radical (unpaired) electrons. The zero-order valence-electron chi connectivity index (χ0n) is 12.0. The van der Waals surface area contributed by atoms with Crippen LogP contribution >= 0.6 is 11.6 Å². The van der Waals surface area contributed by atoms with Crippen LogP contribution in [0, 0.1) is 0 Å². The van der Waals surface area contributed by atoms with Crippen LogP contribution in [0.3, 0.4) is 0 Å². The molecule has 1 unspecified atom stereocenters. The monoisotopic (exact) mass is 303 g/mol. The number of hydrogen-bond acceptors (Lipinski definition) is 2. The Kier molecular flexibility index (Phi) is 3.97. The van der Waals surface area contributed by atoms with Crippen molar-refractivity contribution in [2.45, 2.75) is 31.7 Å². The Bertz CT molecular complexity index is 648. The van der Waals surface area contributed by atoms with E-state index in [4.69, 9.17) is 11.6 Å². The summed E-state index contributed by atoms with van der Waals surface area (Å²) in [6.45, 7) is 0. The van der Waals surface area contributed by atoms with Crippen LogP contribution in [0.5, 0.6) is 0 Å². The molecule has 4 nitrogen and oxygen atoms in total. The van der Waals surface area contributed by atoms with Gasteiger partial charge in [-0.05, 0) is 37.0 Å². The van der Waals surface area contributed by atoms with Gasteiger partial charge >= 0.3 is 0 Å². The molecule has 5 heteroatoms. The van der Waals surface area contributed by atoms with E-state index in [1.54, 1.807) is 0 Å². The molecule has 0 aliphatic heterocycles. The van der Waals surface area contributed by atoms with Gasteiger partial charge in [-0.25, -0.2) is 0 Å². The second kappa shape index (κ2) is 5.90. The van der Waals surface area contributed by atoms with Crippen molar-refractivity contribution in [3.8, 4) is 0 Å². The lowest BCUT2D eigenvalue weighted by Crippen LogP contribution is -2.32. The van der Waals surface area contributed by atoms with E-state index in [-0.39, 0.29) is 11.9 Å². The van der Waals surface area contributed by atoms with Crippen molar-refractivity contribution in [2.75, 3.05) is 0 Å². The molecule has 1 amide bonds. The van der Waals surface area contributed by atoms with Crippen molar-refractivity contribution in [3.05, 3.63) is 52.3 Å². The van der Waals surface area contributed by atoms with Gasteiger partial charge in [0, 0.05) is 23.3 Å². The summed E-state index contributed by atoms with van der Waals surface area (Å²) >= 11 is 5.85. The molecule has 3 rings (SSSR count). The topological polar surface area (TPSA) is 46.9 Å². The zero-order chi connectivity index (χ0) is 14.8. The van der Waals surface area contributed by atoms with Crippen LogP contribution in [0.4, 0.5) is 0 Å². The van der Waals surface area contributed by atoms with E-state index in [1.807, 2.05) is 42.2 Å². The lowest BCUT2D eigenvalue weighted by Gasteiger charge is -2.23. The molecule has 0 fully saturated rings. The largest absolute Gasteiger partial charge is 0.349 e. The number of amides is 1. The highest BCUT2D eigenvalue weighted by Crippen LogP contribution is 2.29. The van der Waals surface area contributed by atoms with Gasteiger partial charge < -0.3 is 5.32 Å². The van der Waals surface area contributed by atoms with Crippen LogP contribution in [-0.2, 0) is 24.7 Å². The van der Waals surface area contributed by atoms with E-state index in [1.165, 1.54) is 5.69 Å². The van der Waals surface area contributed by atoms with Crippen LogP contribution in [-0.4, -0.2) is 15.7 Å². The molecule has 1 N–H and O–H groups in total. The van der Waals surface area contributed by atoms with Gasteiger partial charge in [-0.3, -0.25) is 9.48 Å². The molecule has 1 aromatic heterocycles. The fourth-order valence-electron chi connectivity index (χ4n) is 2.89. The summed E-state index contributed by atoms with van der Waals surface area (Å²) in [4.78, 5) is 12.2. The number of halogens is 1. The summed E-state index contributed by atoms with van der Waals surface area (Å²) in [6, 6.07) is 7.48. The van der Waals surface area contributed by atoms with Crippen molar-refractivity contribution in [2.24, 2.45) is 7.05 Å². The molecule has 0 spiro atoms. The third-order valence-corrected chi connectivity index (χ3v) is 4.24. The number of carbonyl (C=O) groups excluding carboxylic acids is 1. The number of nitrogens with zero attached hydrogens (tertiary/aromatic N) is 2. The highest BCUT2D eigenvalue weighted by molar-refractivity contribution is 6.30. The number of aryl methyl sites for hydroxylation is 1. The molecule has 21 heavy (non-hydrogen) atoms. The van der Waals surface area contributed by atoms with Gasteiger partial charge in [0.25, 0.3) is 0 Å². The van der Waals surface area contributed by atoms with E-state index in [2.05, 4.69) is 10.4 Å². The number of hydrogen-bond donors (Lipinski definition) is 1. The van der Waals surface area contributed by atoms with Gasteiger partial charge in [0.15, 0.2) is 0 Å². The Morgan fingerprint density at radius 2 is 2.19 bits per heavy atom. The molecule has 1 aliphatic rings. The normalized spacial score (nSPS) is 17.3. The predicted molar refractivity (Wildman–Crippen MR) is 82.2 cm³/mol. The minimum atomic E-state index is 0.0408. The maximum absolute atomic E-state index is 12.2.